The van der Waals surface area contributed by atoms with Gasteiger partial charge in [-0.05, 0) is 36.8 Å². The Bertz CT molecular complexity index is 1090. The number of hydrogen-bond acceptors (Lipinski definition) is 3. The Kier molecular flexibility index (Phi) is 6.14. The summed E-state index contributed by atoms with van der Waals surface area (Å²) in [5, 5.41) is 5.31. The monoisotopic (exact) mass is 420 g/mol. The molecule has 3 N–H and O–H groups in total. The highest BCUT2D eigenvalue weighted by Gasteiger charge is 2.28. The van der Waals surface area contributed by atoms with Crippen molar-refractivity contribution < 1.29 is 22.7 Å². The molecule has 0 aliphatic carbocycles. The first-order valence-corrected chi connectivity index (χ1v) is 8.93. The minimum Gasteiger partial charge on any atom is -0.484 e. The number of nitrogens with one attached hydrogen (secondary N) is 3. The number of alkyl halides is 3. The standard InChI is InChI=1S/C20H19F3N4O3/c1-13-10-25-19(29)27(13)17-8-3-2-7-16(17)26-18(28)24-11-14-5-4-6-15(9-14)30-12-20(21,22)23/h2-10H,11-12H2,1H3,(H,25,29)(H2,24,26,28). The van der Waals surface area contributed by atoms with Gasteiger partial charge in [0.2, 0.25) is 0 Å². The summed E-state index contributed by atoms with van der Waals surface area (Å²) >= 11 is 0. The van der Waals surface area contributed by atoms with Gasteiger partial charge in [0.25, 0.3) is 0 Å². The van der Waals surface area contributed by atoms with E-state index in [1.807, 2.05) is 0 Å². The summed E-state index contributed by atoms with van der Waals surface area (Å²) in [6.07, 6.45) is -2.87. The Hall–Kier alpha value is -3.69. The summed E-state index contributed by atoms with van der Waals surface area (Å²) in [4.78, 5) is 26.9. The van der Waals surface area contributed by atoms with Gasteiger partial charge in [0.15, 0.2) is 6.61 Å². The van der Waals surface area contributed by atoms with E-state index < -0.39 is 18.8 Å². The van der Waals surface area contributed by atoms with Crippen molar-refractivity contribution >= 4 is 11.7 Å². The number of benzene rings is 2. The van der Waals surface area contributed by atoms with Crippen LogP contribution in [0, 0.1) is 6.92 Å². The number of hydrogen-bond donors (Lipinski definition) is 3. The Labute approximate surface area is 169 Å². The van der Waals surface area contributed by atoms with Crippen molar-refractivity contribution in [1.29, 1.82) is 0 Å². The van der Waals surface area contributed by atoms with E-state index >= 15 is 0 Å². The molecule has 10 heteroatoms. The topological polar surface area (TPSA) is 88.2 Å². The molecule has 3 aromatic rings. The summed E-state index contributed by atoms with van der Waals surface area (Å²) in [6.45, 7) is 0.433. The number of para-hydroxylation sites is 2. The van der Waals surface area contributed by atoms with Gasteiger partial charge in [0.05, 0.1) is 11.4 Å². The van der Waals surface area contributed by atoms with Crippen molar-refractivity contribution in [2.45, 2.75) is 19.6 Å². The van der Waals surface area contributed by atoms with Crippen molar-refractivity contribution in [2.24, 2.45) is 0 Å². The minimum absolute atomic E-state index is 0.0553. The number of H-pyrrole nitrogens is 1. The highest BCUT2D eigenvalue weighted by atomic mass is 19.4. The molecule has 2 aromatic carbocycles. The largest absolute Gasteiger partial charge is 0.484 e. The van der Waals surface area contributed by atoms with Crippen LogP contribution in [-0.2, 0) is 6.54 Å². The number of ether oxygens (including phenoxy) is 1. The van der Waals surface area contributed by atoms with Crippen LogP contribution in [0.15, 0.2) is 59.5 Å². The van der Waals surface area contributed by atoms with E-state index in [0.717, 1.165) is 0 Å². The lowest BCUT2D eigenvalue weighted by Gasteiger charge is -2.14. The number of halogens is 3. The van der Waals surface area contributed by atoms with Crippen LogP contribution < -0.4 is 21.1 Å². The molecule has 0 atom stereocenters. The molecule has 1 aromatic heterocycles. The van der Waals surface area contributed by atoms with Crippen LogP contribution in [0.3, 0.4) is 0 Å². The van der Waals surface area contributed by atoms with E-state index in [0.29, 0.717) is 22.6 Å². The summed E-state index contributed by atoms with van der Waals surface area (Å²) in [7, 11) is 0. The van der Waals surface area contributed by atoms with Crippen LogP contribution in [0.1, 0.15) is 11.3 Å². The number of carbonyl (C=O) groups is 1. The summed E-state index contributed by atoms with van der Waals surface area (Å²) in [5.41, 5.74) is 1.82. The number of rotatable bonds is 6. The average Bonchev–Trinajstić information content (AvgIpc) is 3.03. The fourth-order valence-corrected chi connectivity index (χ4v) is 2.79. The second-order valence-corrected chi connectivity index (χ2v) is 6.45. The van der Waals surface area contributed by atoms with Crippen molar-refractivity contribution in [3.63, 3.8) is 0 Å². The molecular formula is C20H19F3N4O3. The number of aryl methyl sites for hydroxylation is 1. The van der Waals surface area contributed by atoms with Crippen molar-refractivity contribution in [1.82, 2.24) is 14.9 Å². The van der Waals surface area contributed by atoms with Gasteiger partial charge in [0.1, 0.15) is 5.75 Å². The quantitative estimate of drug-likeness (QED) is 0.568. The SMILES string of the molecule is Cc1c[nH]c(=O)n1-c1ccccc1NC(=O)NCc1cccc(OCC(F)(F)F)c1. The zero-order valence-electron chi connectivity index (χ0n) is 15.9. The van der Waals surface area contributed by atoms with Crippen molar-refractivity contribution in [3.8, 4) is 11.4 Å². The van der Waals surface area contributed by atoms with Gasteiger partial charge >= 0.3 is 17.9 Å². The number of aromatic nitrogens is 2. The van der Waals surface area contributed by atoms with Crippen LogP contribution >= 0.6 is 0 Å². The fourth-order valence-electron chi connectivity index (χ4n) is 2.79. The van der Waals surface area contributed by atoms with Gasteiger partial charge in [-0.2, -0.15) is 13.2 Å². The minimum atomic E-state index is -4.43. The molecule has 0 radical (unpaired) electrons. The van der Waals surface area contributed by atoms with Gasteiger partial charge in [-0.3, -0.25) is 4.57 Å². The molecule has 0 fully saturated rings. The molecule has 0 saturated carbocycles. The van der Waals surface area contributed by atoms with Gasteiger partial charge in [-0.1, -0.05) is 24.3 Å². The van der Waals surface area contributed by atoms with Crippen LogP contribution in [0.4, 0.5) is 23.7 Å². The molecule has 2 amide bonds. The molecule has 0 bridgehead atoms. The number of nitrogens with zero attached hydrogens (tertiary/aromatic N) is 1. The third-order valence-corrected chi connectivity index (χ3v) is 4.11. The van der Waals surface area contributed by atoms with E-state index in [2.05, 4.69) is 15.6 Å². The van der Waals surface area contributed by atoms with Crippen LogP contribution in [0.5, 0.6) is 5.75 Å². The maximum atomic E-state index is 12.3. The third kappa shape index (κ3) is 5.43. The molecule has 0 saturated heterocycles. The van der Waals surface area contributed by atoms with Crippen LogP contribution in [-0.4, -0.2) is 28.4 Å². The van der Waals surface area contributed by atoms with Gasteiger partial charge in [-0.15, -0.1) is 0 Å². The molecule has 3 rings (SSSR count). The van der Waals surface area contributed by atoms with E-state index in [1.165, 1.54) is 22.8 Å². The molecule has 0 spiro atoms. The molecular weight excluding hydrogens is 401 g/mol. The number of urea groups is 1. The number of amides is 2. The predicted molar refractivity (Wildman–Crippen MR) is 105 cm³/mol. The maximum absolute atomic E-state index is 12.3. The Morgan fingerprint density at radius 2 is 1.93 bits per heavy atom. The number of aromatic amines is 1. The van der Waals surface area contributed by atoms with E-state index in [1.54, 1.807) is 43.5 Å². The Balaban J connectivity index is 1.65. The second kappa shape index (κ2) is 8.76. The fraction of sp³-hybridized carbons (Fsp3) is 0.200. The van der Waals surface area contributed by atoms with E-state index in [-0.39, 0.29) is 18.0 Å². The number of carbonyl (C=O) groups excluding carboxylic acids is 1. The van der Waals surface area contributed by atoms with Crippen molar-refractivity contribution in [2.75, 3.05) is 11.9 Å². The summed E-state index contributed by atoms with van der Waals surface area (Å²) < 4.78 is 43.0. The summed E-state index contributed by atoms with van der Waals surface area (Å²) in [5.74, 6) is 0.0553. The second-order valence-electron chi connectivity index (χ2n) is 6.45. The van der Waals surface area contributed by atoms with Crippen LogP contribution in [0.25, 0.3) is 5.69 Å². The molecule has 1 heterocycles. The Morgan fingerprint density at radius 3 is 2.63 bits per heavy atom. The average molecular weight is 420 g/mol. The first-order valence-electron chi connectivity index (χ1n) is 8.93. The van der Waals surface area contributed by atoms with Crippen molar-refractivity contribution in [3.05, 3.63) is 76.5 Å². The normalized spacial score (nSPS) is 11.2. The molecule has 0 aliphatic heterocycles. The lowest BCUT2D eigenvalue weighted by Crippen LogP contribution is -2.29. The first-order chi connectivity index (χ1) is 14.2. The smallest absolute Gasteiger partial charge is 0.422 e. The zero-order chi connectivity index (χ0) is 21.7. The molecule has 30 heavy (non-hydrogen) atoms. The number of anilines is 1. The molecule has 7 nitrogen and oxygen atoms in total. The number of imidazole rings is 1. The third-order valence-electron chi connectivity index (χ3n) is 4.11. The molecule has 0 unspecified atom stereocenters. The maximum Gasteiger partial charge on any atom is 0.422 e. The van der Waals surface area contributed by atoms with E-state index in [9.17, 15) is 22.8 Å². The zero-order valence-corrected chi connectivity index (χ0v) is 15.9. The van der Waals surface area contributed by atoms with Gasteiger partial charge < -0.3 is 20.4 Å². The van der Waals surface area contributed by atoms with E-state index in [4.69, 9.17) is 4.74 Å². The molecule has 158 valence electrons. The van der Waals surface area contributed by atoms with Gasteiger partial charge in [-0.25, -0.2) is 9.59 Å². The lowest BCUT2D eigenvalue weighted by atomic mass is 10.2. The lowest BCUT2D eigenvalue weighted by molar-refractivity contribution is -0.153. The Morgan fingerprint density at radius 1 is 1.17 bits per heavy atom. The first kappa shape index (κ1) is 21.0. The highest BCUT2D eigenvalue weighted by molar-refractivity contribution is 5.91. The summed E-state index contributed by atoms with van der Waals surface area (Å²) in [6, 6.07) is 12.3. The van der Waals surface area contributed by atoms with Crippen LogP contribution in [0.2, 0.25) is 0 Å². The molecule has 0 aliphatic rings. The van der Waals surface area contributed by atoms with Gasteiger partial charge in [0, 0.05) is 18.4 Å². The predicted octanol–water partition coefficient (Wildman–Crippen LogP) is 3.74. The highest BCUT2D eigenvalue weighted by Crippen LogP contribution is 2.21.